The van der Waals surface area contributed by atoms with Crippen LogP contribution in [0.4, 0.5) is 0 Å². The van der Waals surface area contributed by atoms with Crippen LogP contribution in [0.2, 0.25) is 0 Å². The Labute approximate surface area is 155 Å². The highest BCUT2D eigenvalue weighted by Crippen LogP contribution is 2.27. The second kappa shape index (κ2) is 9.82. The number of benzene rings is 2. The van der Waals surface area contributed by atoms with Crippen LogP contribution in [0.3, 0.4) is 0 Å². The minimum atomic E-state index is -0.371. The van der Waals surface area contributed by atoms with Gasteiger partial charge in [-0.05, 0) is 30.5 Å². The maximum Gasteiger partial charge on any atom is 0.258 e. The summed E-state index contributed by atoms with van der Waals surface area (Å²) in [4.78, 5) is 12.3. The van der Waals surface area contributed by atoms with Crippen LogP contribution in [-0.4, -0.2) is 24.6 Å². The molecule has 0 unspecified atom stereocenters. The first kappa shape index (κ1) is 19.8. The highest BCUT2D eigenvalue weighted by molar-refractivity contribution is 5.78. The number of nitrogens with one attached hydrogen (secondary N) is 1. The number of para-hydroxylation sites is 2. The summed E-state index contributed by atoms with van der Waals surface area (Å²) in [5.74, 6) is 0.974. The fourth-order valence-electron chi connectivity index (χ4n) is 2.67. The molecule has 5 heteroatoms. The number of carbonyl (C=O) groups excluding carboxylic acids is 1. The van der Waals surface area contributed by atoms with Crippen molar-refractivity contribution in [3.63, 3.8) is 0 Å². The number of hydrogen-bond donors (Lipinski definition) is 2. The Morgan fingerprint density at radius 1 is 0.962 bits per heavy atom. The van der Waals surface area contributed by atoms with Gasteiger partial charge in [0.15, 0.2) is 18.1 Å². The Balaban J connectivity index is 1.94. The zero-order valence-corrected chi connectivity index (χ0v) is 15.5. The molecule has 2 rings (SSSR count). The van der Waals surface area contributed by atoms with Crippen molar-refractivity contribution >= 4 is 5.91 Å². The Morgan fingerprint density at radius 2 is 1.54 bits per heavy atom. The molecule has 0 aliphatic rings. The summed E-state index contributed by atoms with van der Waals surface area (Å²) in [5, 5.41) is 3.00. The molecule has 1 amide bonds. The third-order valence-electron chi connectivity index (χ3n) is 4.59. The van der Waals surface area contributed by atoms with E-state index in [1.807, 2.05) is 62.4 Å². The standard InChI is InChI=1S/C21H28N2O3/c1-3-21(4-2,16-22)23-20(24)15-26-19-13-9-8-12-18(19)25-14-17-10-6-5-7-11-17/h5-13H,3-4,14-16,22H2,1-2H3,(H,23,24). The van der Waals surface area contributed by atoms with Crippen molar-refractivity contribution in [2.75, 3.05) is 13.2 Å². The molecule has 0 spiro atoms. The summed E-state index contributed by atoms with van der Waals surface area (Å²) in [6.07, 6.45) is 1.56. The highest BCUT2D eigenvalue weighted by Gasteiger charge is 2.26. The van der Waals surface area contributed by atoms with Crippen molar-refractivity contribution in [3.8, 4) is 11.5 Å². The van der Waals surface area contributed by atoms with E-state index in [1.54, 1.807) is 6.07 Å². The Morgan fingerprint density at radius 3 is 2.12 bits per heavy atom. The van der Waals surface area contributed by atoms with Gasteiger partial charge in [-0.3, -0.25) is 4.79 Å². The summed E-state index contributed by atoms with van der Waals surface area (Å²) in [7, 11) is 0. The van der Waals surface area contributed by atoms with Crippen molar-refractivity contribution in [1.82, 2.24) is 5.32 Å². The monoisotopic (exact) mass is 356 g/mol. The van der Waals surface area contributed by atoms with Crippen molar-refractivity contribution in [2.45, 2.75) is 38.8 Å². The predicted molar refractivity (Wildman–Crippen MR) is 103 cm³/mol. The van der Waals surface area contributed by atoms with Gasteiger partial charge >= 0.3 is 0 Å². The van der Waals surface area contributed by atoms with E-state index >= 15 is 0 Å². The molecule has 0 atom stereocenters. The molecular formula is C21H28N2O3. The van der Waals surface area contributed by atoms with E-state index in [-0.39, 0.29) is 18.1 Å². The number of ether oxygens (including phenoxy) is 2. The molecule has 0 saturated heterocycles. The van der Waals surface area contributed by atoms with Gasteiger partial charge < -0.3 is 20.5 Å². The first-order valence-corrected chi connectivity index (χ1v) is 9.02. The van der Waals surface area contributed by atoms with Crippen LogP contribution in [0, 0.1) is 0 Å². The summed E-state index contributed by atoms with van der Waals surface area (Å²) in [6.45, 7) is 4.81. The van der Waals surface area contributed by atoms with Gasteiger partial charge in [0.25, 0.3) is 5.91 Å². The van der Waals surface area contributed by atoms with Crippen molar-refractivity contribution in [1.29, 1.82) is 0 Å². The summed E-state index contributed by atoms with van der Waals surface area (Å²) in [6, 6.07) is 17.3. The maximum absolute atomic E-state index is 12.3. The summed E-state index contributed by atoms with van der Waals surface area (Å²) < 4.78 is 11.5. The maximum atomic E-state index is 12.3. The number of rotatable bonds is 10. The van der Waals surface area contributed by atoms with Crippen molar-refractivity contribution in [2.24, 2.45) is 5.73 Å². The Hall–Kier alpha value is -2.53. The molecule has 0 radical (unpaired) electrons. The first-order chi connectivity index (χ1) is 12.6. The molecular weight excluding hydrogens is 328 g/mol. The SMILES string of the molecule is CCC(CC)(CN)NC(=O)COc1ccccc1OCc1ccccc1. The molecule has 140 valence electrons. The number of amides is 1. The van der Waals surface area contributed by atoms with Crippen LogP contribution in [-0.2, 0) is 11.4 Å². The largest absolute Gasteiger partial charge is 0.485 e. The lowest BCUT2D eigenvalue weighted by atomic mass is 9.93. The van der Waals surface area contributed by atoms with Gasteiger partial charge in [0.2, 0.25) is 0 Å². The van der Waals surface area contributed by atoms with E-state index in [0.717, 1.165) is 18.4 Å². The second-order valence-corrected chi connectivity index (χ2v) is 6.25. The van der Waals surface area contributed by atoms with E-state index in [2.05, 4.69) is 5.32 Å². The average molecular weight is 356 g/mol. The molecule has 3 N–H and O–H groups in total. The molecule has 0 fully saturated rings. The van der Waals surface area contributed by atoms with E-state index in [4.69, 9.17) is 15.2 Å². The van der Waals surface area contributed by atoms with Crippen LogP contribution in [0.25, 0.3) is 0 Å². The van der Waals surface area contributed by atoms with Crippen LogP contribution in [0.5, 0.6) is 11.5 Å². The molecule has 2 aromatic carbocycles. The Kier molecular flexibility index (Phi) is 7.48. The lowest BCUT2D eigenvalue weighted by Gasteiger charge is -2.31. The molecule has 0 saturated carbocycles. The van der Waals surface area contributed by atoms with E-state index in [9.17, 15) is 4.79 Å². The van der Waals surface area contributed by atoms with Gasteiger partial charge in [0.1, 0.15) is 6.61 Å². The molecule has 26 heavy (non-hydrogen) atoms. The normalized spacial score (nSPS) is 11.0. The molecule has 0 aromatic heterocycles. The lowest BCUT2D eigenvalue weighted by Crippen LogP contribution is -2.54. The van der Waals surface area contributed by atoms with E-state index < -0.39 is 0 Å². The van der Waals surface area contributed by atoms with Crippen molar-refractivity contribution < 1.29 is 14.3 Å². The fourth-order valence-corrected chi connectivity index (χ4v) is 2.67. The van der Waals surface area contributed by atoms with Crippen LogP contribution in [0.15, 0.2) is 54.6 Å². The van der Waals surface area contributed by atoms with Crippen LogP contribution < -0.4 is 20.5 Å². The number of nitrogens with two attached hydrogens (primary N) is 1. The van der Waals surface area contributed by atoms with E-state index in [1.165, 1.54) is 0 Å². The second-order valence-electron chi connectivity index (χ2n) is 6.25. The number of carbonyl (C=O) groups is 1. The quantitative estimate of drug-likeness (QED) is 0.685. The lowest BCUT2D eigenvalue weighted by molar-refractivity contribution is -0.125. The molecule has 0 aliphatic heterocycles. The third kappa shape index (κ3) is 5.49. The summed E-state index contributed by atoms with van der Waals surface area (Å²) >= 11 is 0. The van der Waals surface area contributed by atoms with Gasteiger partial charge in [-0.2, -0.15) is 0 Å². The van der Waals surface area contributed by atoms with Gasteiger partial charge in [-0.1, -0.05) is 56.3 Å². The van der Waals surface area contributed by atoms with Gasteiger partial charge in [0, 0.05) is 6.54 Å². The smallest absolute Gasteiger partial charge is 0.258 e. The average Bonchev–Trinajstić information content (AvgIpc) is 2.70. The minimum Gasteiger partial charge on any atom is -0.485 e. The predicted octanol–water partition coefficient (Wildman–Crippen LogP) is 3.28. The molecule has 5 nitrogen and oxygen atoms in total. The van der Waals surface area contributed by atoms with Gasteiger partial charge in [-0.25, -0.2) is 0 Å². The van der Waals surface area contributed by atoms with Crippen molar-refractivity contribution in [3.05, 3.63) is 60.2 Å². The highest BCUT2D eigenvalue weighted by atomic mass is 16.5. The minimum absolute atomic E-state index is 0.0759. The molecule has 2 aromatic rings. The first-order valence-electron chi connectivity index (χ1n) is 9.02. The van der Waals surface area contributed by atoms with Gasteiger partial charge in [-0.15, -0.1) is 0 Å². The molecule has 0 heterocycles. The van der Waals surface area contributed by atoms with E-state index in [0.29, 0.717) is 24.7 Å². The number of hydrogen-bond acceptors (Lipinski definition) is 4. The third-order valence-corrected chi connectivity index (χ3v) is 4.59. The zero-order chi connectivity index (χ0) is 18.8. The zero-order valence-electron chi connectivity index (χ0n) is 15.5. The Bertz CT molecular complexity index is 676. The topological polar surface area (TPSA) is 73.6 Å². The summed E-state index contributed by atoms with van der Waals surface area (Å²) in [5.41, 5.74) is 6.52. The fraction of sp³-hybridized carbons (Fsp3) is 0.381. The van der Waals surface area contributed by atoms with Gasteiger partial charge in [0.05, 0.1) is 5.54 Å². The molecule has 0 aliphatic carbocycles. The van der Waals surface area contributed by atoms with Crippen LogP contribution >= 0.6 is 0 Å². The van der Waals surface area contributed by atoms with Crippen LogP contribution in [0.1, 0.15) is 32.3 Å². The molecule has 0 bridgehead atoms.